The van der Waals surface area contributed by atoms with Gasteiger partial charge in [-0.3, -0.25) is 0 Å². The molecule has 4 nitrogen and oxygen atoms in total. The van der Waals surface area contributed by atoms with Crippen molar-refractivity contribution in [2.45, 2.75) is 0 Å². The quantitative estimate of drug-likeness (QED) is 0.490. The summed E-state index contributed by atoms with van der Waals surface area (Å²) in [6.07, 6.45) is 0. The minimum Gasteiger partial charge on any atom is -3.00 e. The van der Waals surface area contributed by atoms with Gasteiger partial charge in [-0.05, 0) is 0 Å². The van der Waals surface area contributed by atoms with Crippen molar-refractivity contribution in [2.75, 3.05) is 0 Å². The minimum absolute atomic E-state index is 0. The van der Waals surface area contributed by atoms with Crippen LogP contribution < -0.4 is 0 Å². The van der Waals surface area contributed by atoms with Crippen LogP contribution in [-0.2, 0) is 40.3 Å². The third-order valence-corrected chi connectivity index (χ3v) is 0. The average molecular weight is 182 g/mol. The van der Waals surface area contributed by atoms with Crippen LogP contribution in [0, 0.1) is 0 Å². The van der Waals surface area contributed by atoms with Crippen LogP contribution in [0.1, 0.15) is 0 Å². The molecule has 0 radical (unpaired) electrons. The summed E-state index contributed by atoms with van der Waals surface area (Å²) >= 11 is 0. The van der Waals surface area contributed by atoms with Crippen LogP contribution in [0.3, 0.4) is 0 Å². The third-order valence-electron chi connectivity index (χ3n) is 0. The molecule has 0 aliphatic rings. The van der Waals surface area contributed by atoms with Crippen molar-refractivity contribution >= 4 is 17.4 Å². The number of rotatable bonds is 0. The predicted octanol–water partition coefficient (Wildman–Crippen LogP) is 0.769. The van der Waals surface area contributed by atoms with E-state index in [9.17, 15) is 0 Å². The Kier molecular flexibility index (Phi) is 3190. The molecule has 0 aromatic carbocycles. The first-order valence-corrected chi connectivity index (χ1v) is 0. The summed E-state index contributed by atoms with van der Waals surface area (Å²) in [7, 11) is 0. The van der Waals surface area contributed by atoms with Crippen LogP contribution in [0.4, 0.5) is 0 Å². The van der Waals surface area contributed by atoms with Crippen LogP contribution >= 0.6 is 0 Å². The Bertz CT molecular complexity index is 11.7. The Labute approximate surface area is 81.8 Å². The SMILES string of the molecule is [Al+3].[N-3].[N-3].[N-3].[N-3].[Ti+4].[V+5]. The van der Waals surface area contributed by atoms with Gasteiger partial charge in [0, 0.05) is 0 Å². The van der Waals surface area contributed by atoms with Crippen molar-refractivity contribution in [1.29, 1.82) is 0 Å². The summed E-state index contributed by atoms with van der Waals surface area (Å²) in [5.74, 6) is 0. The Hall–Kier alpha value is 1.67. The Morgan fingerprint density at radius 3 is 0.571 bits per heavy atom. The first kappa shape index (κ1) is 183. The molecule has 0 saturated heterocycles. The van der Waals surface area contributed by atoms with E-state index in [1.54, 1.807) is 0 Å². The molecule has 32 valence electrons. The Morgan fingerprint density at radius 2 is 0.571 bits per heavy atom. The van der Waals surface area contributed by atoms with Gasteiger partial charge in [0.2, 0.25) is 0 Å². The molecule has 0 saturated carbocycles. The fourth-order valence-electron chi connectivity index (χ4n) is 0. The molecule has 0 aromatic rings. The van der Waals surface area contributed by atoms with Crippen LogP contribution in [-0.4, -0.2) is 17.4 Å². The van der Waals surface area contributed by atoms with E-state index in [-0.39, 0.29) is 82.2 Å². The zero-order valence-electron chi connectivity index (χ0n) is 3.31. The fraction of sp³-hybridized carbons (Fsp3) is 0. The van der Waals surface area contributed by atoms with Crippen molar-refractivity contribution in [3.8, 4) is 0 Å². The maximum atomic E-state index is 0. The molecule has 0 fully saturated rings. The maximum absolute atomic E-state index is 0. The van der Waals surface area contributed by atoms with Gasteiger partial charge in [0.1, 0.15) is 0 Å². The molecule has 0 aliphatic heterocycles. The normalized spacial score (nSPS) is 0. The number of hydrogen-bond donors (Lipinski definition) is 0. The number of nitrogens with zero attached hydrogens (tertiary/aromatic N) is 4. The summed E-state index contributed by atoms with van der Waals surface area (Å²) < 4.78 is 0. The predicted molar refractivity (Wildman–Crippen MR) is 19.2 cm³/mol. The van der Waals surface area contributed by atoms with E-state index in [4.69, 9.17) is 0 Å². The summed E-state index contributed by atoms with van der Waals surface area (Å²) in [5.41, 5.74) is 0. The van der Waals surface area contributed by atoms with Crippen molar-refractivity contribution < 1.29 is 40.3 Å². The summed E-state index contributed by atoms with van der Waals surface area (Å²) in [6.45, 7) is 0. The zero-order chi connectivity index (χ0) is 0. The maximum Gasteiger partial charge on any atom is 5.00 e. The van der Waals surface area contributed by atoms with E-state index in [2.05, 4.69) is 0 Å². The molecule has 0 aromatic heterocycles. The van der Waals surface area contributed by atoms with E-state index < -0.39 is 0 Å². The summed E-state index contributed by atoms with van der Waals surface area (Å²) in [5, 5.41) is 0. The van der Waals surface area contributed by atoms with Gasteiger partial charge in [0.25, 0.3) is 0 Å². The molecule has 0 bridgehead atoms. The van der Waals surface area contributed by atoms with Gasteiger partial charge < -0.3 is 24.6 Å². The first-order chi connectivity index (χ1) is 0. The van der Waals surface area contributed by atoms with Gasteiger partial charge in [-0.15, -0.1) is 0 Å². The van der Waals surface area contributed by atoms with Crippen LogP contribution in [0.25, 0.3) is 24.6 Å². The van der Waals surface area contributed by atoms with Crippen LogP contribution in [0.5, 0.6) is 0 Å². The standard InChI is InChI=1S/Al.4N.Ti.V/q+3;4*-3;+4;+5. The van der Waals surface area contributed by atoms with Crippen LogP contribution in [0.2, 0.25) is 0 Å². The van der Waals surface area contributed by atoms with Gasteiger partial charge in [-0.1, -0.05) is 0 Å². The summed E-state index contributed by atoms with van der Waals surface area (Å²) in [6, 6.07) is 0. The van der Waals surface area contributed by atoms with Gasteiger partial charge in [0.15, 0.2) is 0 Å². The van der Waals surface area contributed by atoms with E-state index >= 15 is 0 Å². The van der Waals surface area contributed by atoms with Gasteiger partial charge in [-0.2, -0.15) is 0 Å². The van der Waals surface area contributed by atoms with E-state index in [1.807, 2.05) is 0 Å². The van der Waals surface area contributed by atoms with E-state index in [1.165, 1.54) is 0 Å². The molecule has 0 atom stereocenters. The Morgan fingerprint density at radius 1 is 0.571 bits per heavy atom. The average Bonchev–Trinajstić information content (AvgIpc) is 0. The molecule has 0 aliphatic carbocycles. The van der Waals surface area contributed by atoms with E-state index in [0.29, 0.717) is 0 Å². The third kappa shape index (κ3) is 88.3. The molecule has 7 heavy (non-hydrogen) atoms. The molecular formula is AlN4TiV. The molecule has 0 unspecified atom stereocenters. The zero-order valence-corrected chi connectivity index (χ0v) is 7.43. The molecule has 0 spiro atoms. The second kappa shape index (κ2) is 122. The molecule has 0 amide bonds. The smallest absolute Gasteiger partial charge is 3.00 e. The first-order valence-electron chi connectivity index (χ1n) is 0. The largest absolute Gasteiger partial charge is 5.00 e. The molecule has 0 N–H and O–H groups in total. The molecular weight excluding hydrogens is 182 g/mol. The number of hydrogen-bond acceptors (Lipinski definition) is 0. The van der Waals surface area contributed by atoms with Crippen molar-refractivity contribution in [3.63, 3.8) is 0 Å². The van der Waals surface area contributed by atoms with Crippen LogP contribution in [0.15, 0.2) is 0 Å². The van der Waals surface area contributed by atoms with Gasteiger partial charge in [0.05, 0.1) is 0 Å². The van der Waals surface area contributed by atoms with E-state index in [0.717, 1.165) is 0 Å². The van der Waals surface area contributed by atoms with Crippen molar-refractivity contribution in [3.05, 3.63) is 24.6 Å². The molecule has 0 heterocycles. The van der Waals surface area contributed by atoms with Crippen molar-refractivity contribution in [1.82, 2.24) is 0 Å². The topological polar surface area (TPSA) is 122 Å². The van der Waals surface area contributed by atoms with Gasteiger partial charge >= 0.3 is 57.6 Å². The second-order valence-corrected chi connectivity index (χ2v) is 0. The Balaban J connectivity index is 0. The molecule has 7 heteroatoms. The fourth-order valence-corrected chi connectivity index (χ4v) is 0. The minimum atomic E-state index is 0. The van der Waals surface area contributed by atoms with Crippen molar-refractivity contribution in [2.24, 2.45) is 0 Å². The molecule has 0 rings (SSSR count). The summed E-state index contributed by atoms with van der Waals surface area (Å²) in [4.78, 5) is 0. The monoisotopic (exact) mass is 182 g/mol. The van der Waals surface area contributed by atoms with Gasteiger partial charge in [-0.25, -0.2) is 0 Å². The second-order valence-electron chi connectivity index (χ2n) is 0.